The average Bonchev–Trinajstić information content (AvgIpc) is 2.78. The van der Waals surface area contributed by atoms with E-state index in [1.54, 1.807) is 30.3 Å². The van der Waals surface area contributed by atoms with Crippen LogP contribution in [0.1, 0.15) is 11.1 Å². The van der Waals surface area contributed by atoms with E-state index >= 15 is 0 Å². The Balaban J connectivity index is 1.69. The van der Waals surface area contributed by atoms with Crippen LogP contribution in [0.4, 0.5) is 5.82 Å². The summed E-state index contributed by atoms with van der Waals surface area (Å²) in [5.41, 5.74) is 3.72. The van der Waals surface area contributed by atoms with Crippen molar-refractivity contribution in [3.05, 3.63) is 88.4 Å². The number of sulfone groups is 1. The van der Waals surface area contributed by atoms with Gasteiger partial charge >= 0.3 is 0 Å². The van der Waals surface area contributed by atoms with Gasteiger partial charge < -0.3 is 4.90 Å². The molecule has 4 aromatic rings. The zero-order valence-electron chi connectivity index (χ0n) is 16.0. The van der Waals surface area contributed by atoms with E-state index in [1.165, 1.54) is 11.1 Å². The van der Waals surface area contributed by atoms with Gasteiger partial charge in [-0.05, 0) is 53.9 Å². The molecule has 0 unspecified atom stereocenters. The van der Waals surface area contributed by atoms with Crippen molar-refractivity contribution >= 4 is 42.6 Å². The van der Waals surface area contributed by atoms with Crippen LogP contribution in [0, 0.1) is 0 Å². The maximum Gasteiger partial charge on any atom is 0.227 e. The molecule has 30 heavy (non-hydrogen) atoms. The molecule has 150 valence electrons. The Morgan fingerprint density at radius 3 is 2.17 bits per heavy atom. The van der Waals surface area contributed by atoms with Gasteiger partial charge in [-0.15, -0.1) is 0 Å². The van der Waals surface area contributed by atoms with Crippen LogP contribution < -0.4 is 4.90 Å². The summed E-state index contributed by atoms with van der Waals surface area (Å²) < 4.78 is 27.9. The number of fused-ring (bicyclic) bond motifs is 2. The molecule has 0 aliphatic carbocycles. The highest BCUT2D eigenvalue weighted by Gasteiger charge is 2.29. The zero-order valence-corrected chi connectivity index (χ0v) is 18.4. The van der Waals surface area contributed by atoms with E-state index in [0.717, 1.165) is 10.9 Å². The van der Waals surface area contributed by atoms with Crippen molar-refractivity contribution in [2.75, 3.05) is 11.4 Å². The molecule has 0 N–H and O–H groups in total. The molecule has 3 aromatic carbocycles. The van der Waals surface area contributed by atoms with Crippen molar-refractivity contribution in [1.82, 2.24) is 9.97 Å². The highest BCUT2D eigenvalue weighted by atomic mass is 79.9. The fourth-order valence-corrected chi connectivity index (χ4v) is 5.38. The second-order valence-electron chi connectivity index (χ2n) is 7.24. The minimum atomic E-state index is -3.84. The maximum absolute atomic E-state index is 13.6. The predicted molar refractivity (Wildman–Crippen MR) is 120 cm³/mol. The number of hydrogen-bond acceptors (Lipinski definition) is 5. The summed E-state index contributed by atoms with van der Waals surface area (Å²) >= 11 is 3.36. The van der Waals surface area contributed by atoms with Crippen LogP contribution in [-0.4, -0.2) is 24.9 Å². The summed E-state index contributed by atoms with van der Waals surface area (Å²) in [5, 5.41) is 0.00269. The molecule has 0 radical (unpaired) electrons. The van der Waals surface area contributed by atoms with Crippen molar-refractivity contribution < 1.29 is 8.42 Å². The normalized spacial score (nSPS) is 14.0. The first-order chi connectivity index (χ1) is 14.5. The Kier molecular flexibility index (Phi) is 4.79. The second kappa shape index (κ2) is 7.49. The average molecular weight is 480 g/mol. The summed E-state index contributed by atoms with van der Waals surface area (Å²) in [5.74, 6) is 0.408. The zero-order chi connectivity index (χ0) is 20.7. The van der Waals surface area contributed by atoms with E-state index in [9.17, 15) is 8.42 Å². The SMILES string of the molecule is O=S(=O)(c1ccc(Br)cc1)c1nc2ccccc2nc1N1CCc2ccccc2C1. The number of rotatable bonds is 3. The third-order valence-electron chi connectivity index (χ3n) is 5.33. The fraction of sp³-hybridized carbons (Fsp3) is 0.130. The number of benzene rings is 3. The maximum atomic E-state index is 13.6. The van der Waals surface area contributed by atoms with Crippen molar-refractivity contribution in [2.45, 2.75) is 22.9 Å². The van der Waals surface area contributed by atoms with E-state index in [1.807, 2.05) is 35.2 Å². The summed E-state index contributed by atoms with van der Waals surface area (Å²) in [7, 11) is -3.84. The Morgan fingerprint density at radius 1 is 0.800 bits per heavy atom. The quantitative estimate of drug-likeness (QED) is 0.422. The fourth-order valence-electron chi connectivity index (χ4n) is 3.76. The van der Waals surface area contributed by atoms with Gasteiger partial charge in [0.1, 0.15) is 0 Å². The van der Waals surface area contributed by atoms with Gasteiger partial charge in [0.25, 0.3) is 0 Å². The topological polar surface area (TPSA) is 63.2 Å². The molecule has 7 heteroatoms. The molecule has 0 saturated heterocycles. The third-order valence-corrected chi connectivity index (χ3v) is 7.53. The van der Waals surface area contributed by atoms with E-state index in [4.69, 9.17) is 4.98 Å². The van der Waals surface area contributed by atoms with Crippen molar-refractivity contribution in [1.29, 1.82) is 0 Å². The summed E-state index contributed by atoms with van der Waals surface area (Å²) in [6.45, 7) is 1.29. The van der Waals surface area contributed by atoms with Crippen molar-refractivity contribution in [2.24, 2.45) is 0 Å². The molecule has 0 bridgehead atoms. The van der Waals surface area contributed by atoms with E-state index in [-0.39, 0.29) is 9.92 Å². The molecule has 5 nitrogen and oxygen atoms in total. The van der Waals surface area contributed by atoms with E-state index in [2.05, 4.69) is 33.0 Å². The van der Waals surface area contributed by atoms with Crippen LogP contribution in [0.2, 0.25) is 0 Å². The minimum absolute atomic E-state index is 0.00269. The number of halogens is 1. The van der Waals surface area contributed by atoms with Crippen molar-refractivity contribution in [3.8, 4) is 0 Å². The van der Waals surface area contributed by atoms with Crippen molar-refractivity contribution in [3.63, 3.8) is 0 Å². The Morgan fingerprint density at radius 2 is 1.43 bits per heavy atom. The first-order valence-corrected chi connectivity index (χ1v) is 11.9. The number of hydrogen-bond donors (Lipinski definition) is 0. The predicted octanol–water partition coefficient (Wildman–Crippen LogP) is 4.79. The molecule has 0 atom stereocenters. The molecule has 1 aliphatic heterocycles. The van der Waals surface area contributed by atoms with Crippen LogP contribution in [0.3, 0.4) is 0 Å². The molecule has 0 fully saturated rings. The Hall–Kier alpha value is -2.77. The van der Waals surface area contributed by atoms with Gasteiger partial charge in [-0.3, -0.25) is 0 Å². The van der Waals surface area contributed by atoms with Crippen LogP contribution in [0.25, 0.3) is 11.0 Å². The molecule has 5 rings (SSSR count). The first-order valence-electron chi connectivity index (χ1n) is 9.61. The largest absolute Gasteiger partial charge is 0.350 e. The molecule has 0 amide bonds. The summed E-state index contributed by atoms with van der Waals surface area (Å²) in [6, 6.07) is 22.2. The van der Waals surface area contributed by atoms with Crippen LogP contribution in [-0.2, 0) is 22.8 Å². The monoisotopic (exact) mass is 479 g/mol. The van der Waals surface area contributed by atoms with Gasteiger partial charge in [-0.1, -0.05) is 52.3 Å². The number of aromatic nitrogens is 2. The summed E-state index contributed by atoms with van der Waals surface area (Å²) in [4.78, 5) is 11.6. The highest BCUT2D eigenvalue weighted by Crippen LogP contribution is 2.32. The molecule has 2 heterocycles. The van der Waals surface area contributed by atoms with Gasteiger partial charge in [-0.25, -0.2) is 18.4 Å². The molecular formula is C23H18BrN3O2S. The molecule has 1 aromatic heterocycles. The number of nitrogens with zero attached hydrogens (tertiary/aromatic N) is 3. The molecular weight excluding hydrogens is 462 g/mol. The van der Waals surface area contributed by atoms with E-state index in [0.29, 0.717) is 29.9 Å². The lowest BCUT2D eigenvalue weighted by molar-refractivity contribution is 0.590. The van der Waals surface area contributed by atoms with Gasteiger partial charge in [-0.2, -0.15) is 0 Å². The van der Waals surface area contributed by atoms with Gasteiger partial charge in [0, 0.05) is 17.6 Å². The number of para-hydroxylation sites is 2. The standard InChI is InChI=1S/C23H18BrN3O2S/c24-18-9-11-19(12-10-18)30(28,29)23-22(25-20-7-3-4-8-21(20)26-23)27-14-13-16-5-1-2-6-17(16)15-27/h1-12H,13-15H2. The van der Waals surface area contributed by atoms with Gasteiger partial charge in [0.2, 0.25) is 14.9 Å². The van der Waals surface area contributed by atoms with Gasteiger partial charge in [0.15, 0.2) is 5.82 Å². The molecule has 0 saturated carbocycles. The third kappa shape index (κ3) is 3.38. The first kappa shape index (κ1) is 19.2. The van der Waals surface area contributed by atoms with Crippen LogP contribution in [0.15, 0.2) is 87.2 Å². The lowest BCUT2D eigenvalue weighted by Gasteiger charge is -2.30. The lowest BCUT2D eigenvalue weighted by Crippen LogP contribution is -2.32. The second-order valence-corrected chi connectivity index (χ2v) is 10.0. The van der Waals surface area contributed by atoms with Crippen LogP contribution >= 0.6 is 15.9 Å². The van der Waals surface area contributed by atoms with Gasteiger partial charge in [0.05, 0.1) is 15.9 Å². The Bertz CT molecular complexity index is 1350. The highest BCUT2D eigenvalue weighted by molar-refractivity contribution is 9.10. The van der Waals surface area contributed by atoms with E-state index < -0.39 is 9.84 Å². The molecule has 1 aliphatic rings. The van der Waals surface area contributed by atoms with Crippen LogP contribution in [0.5, 0.6) is 0 Å². The minimum Gasteiger partial charge on any atom is -0.350 e. The smallest absolute Gasteiger partial charge is 0.227 e. The summed E-state index contributed by atoms with van der Waals surface area (Å²) in [6.07, 6.45) is 0.836. The Labute approximate surface area is 183 Å². The molecule has 0 spiro atoms. The lowest BCUT2D eigenvalue weighted by atomic mass is 10.00. The number of anilines is 1.